The van der Waals surface area contributed by atoms with E-state index in [1.54, 1.807) is 0 Å². The molecule has 1 aliphatic rings. The van der Waals surface area contributed by atoms with Crippen LogP contribution in [0.1, 0.15) is 50.6 Å². The van der Waals surface area contributed by atoms with Crippen LogP contribution in [0.2, 0.25) is 0 Å². The molecular formula is C17H23NO7. The van der Waals surface area contributed by atoms with Crippen LogP contribution < -0.4 is 0 Å². The summed E-state index contributed by atoms with van der Waals surface area (Å²) in [5.41, 5.74) is 0. The average Bonchev–Trinajstić information content (AvgIpc) is 3.02. The van der Waals surface area contributed by atoms with Gasteiger partial charge in [0.05, 0.1) is 6.07 Å². The van der Waals surface area contributed by atoms with Crippen molar-refractivity contribution in [3.8, 4) is 0 Å². The third kappa shape index (κ3) is 5.04. The van der Waals surface area contributed by atoms with Crippen molar-refractivity contribution < 1.29 is 28.4 Å². The van der Waals surface area contributed by atoms with Gasteiger partial charge in [0.25, 0.3) is 0 Å². The zero-order valence-corrected chi connectivity index (χ0v) is 14.6. The Morgan fingerprint density at radius 2 is 2.08 bits per heavy atom. The van der Waals surface area contributed by atoms with Crippen molar-refractivity contribution in [2.24, 2.45) is 17.8 Å². The lowest BCUT2D eigenvalue weighted by Crippen LogP contribution is -2.36. The molecule has 1 aromatic rings. The number of furan rings is 1. The van der Waals surface area contributed by atoms with Gasteiger partial charge in [0.2, 0.25) is 5.76 Å². The van der Waals surface area contributed by atoms with Crippen molar-refractivity contribution in [3.63, 3.8) is 0 Å². The molecule has 8 nitrogen and oxygen atoms in total. The minimum Gasteiger partial charge on any atom is -0.460 e. The Morgan fingerprint density at radius 1 is 1.36 bits per heavy atom. The predicted octanol–water partition coefficient (Wildman–Crippen LogP) is 3.35. The van der Waals surface area contributed by atoms with Gasteiger partial charge in [-0.3, -0.25) is 10.1 Å². The number of hydrogen-bond donors (Lipinski definition) is 0. The van der Waals surface area contributed by atoms with Crippen molar-refractivity contribution in [1.29, 1.82) is 0 Å². The average molecular weight is 353 g/mol. The van der Waals surface area contributed by atoms with Crippen molar-refractivity contribution in [3.05, 3.63) is 28.0 Å². The molecule has 1 saturated carbocycles. The largest absolute Gasteiger partial charge is 0.460 e. The number of esters is 2. The van der Waals surface area contributed by atoms with Gasteiger partial charge in [0.1, 0.15) is 11.0 Å². The number of ether oxygens (including phenoxy) is 2. The first-order chi connectivity index (χ1) is 11.8. The van der Waals surface area contributed by atoms with Crippen LogP contribution in [0.3, 0.4) is 0 Å². The third-order valence-corrected chi connectivity index (χ3v) is 4.54. The summed E-state index contributed by atoms with van der Waals surface area (Å²) < 4.78 is 15.1. The zero-order chi connectivity index (χ0) is 18.6. The van der Waals surface area contributed by atoms with Crippen molar-refractivity contribution in [2.75, 3.05) is 6.61 Å². The second kappa shape index (κ2) is 8.13. The molecule has 0 saturated heterocycles. The lowest BCUT2D eigenvalue weighted by Gasteiger charge is -2.36. The molecule has 1 aliphatic carbocycles. The van der Waals surface area contributed by atoms with Crippen LogP contribution in [0.25, 0.3) is 0 Å². The smallest absolute Gasteiger partial charge is 0.433 e. The van der Waals surface area contributed by atoms with Gasteiger partial charge in [0, 0.05) is 0 Å². The molecule has 2 rings (SSSR count). The van der Waals surface area contributed by atoms with E-state index in [4.69, 9.17) is 13.9 Å². The van der Waals surface area contributed by atoms with E-state index in [2.05, 4.69) is 20.8 Å². The summed E-state index contributed by atoms with van der Waals surface area (Å²) in [6, 6.07) is 2.18. The van der Waals surface area contributed by atoms with Gasteiger partial charge in [0.15, 0.2) is 6.61 Å². The fourth-order valence-corrected chi connectivity index (χ4v) is 3.18. The molecule has 1 aromatic heterocycles. The number of carbonyl (C=O) groups excluding carboxylic acids is 2. The lowest BCUT2D eigenvalue weighted by molar-refractivity contribution is -0.402. The highest BCUT2D eigenvalue weighted by molar-refractivity contribution is 5.88. The standard InChI is InChI=1S/C17H23NO7/c1-10(2)12-5-4-11(3)8-14(12)25-16(19)9-23-17(20)13-6-7-15(24-13)18(21)22/h6-7,10-12,14H,4-5,8-9H2,1-3H3/t11-,12-,14+/m1/s1. The summed E-state index contributed by atoms with van der Waals surface area (Å²) >= 11 is 0. The summed E-state index contributed by atoms with van der Waals surface area (Å²) in [6.07, 6.45) is 2.74. The van der Waals surface area contributed by atoms with Crippen molar-refractivity contribution in [1.82, 2.24) is 0 Å². The Kier molecular flexibility index (Phi) is 6.17. The first-order valence-corrected chi connectivity index (χ1v) is 8.38. The number of nitrogens with zero attached hydrogens (tertiary/aromatic N) is 1. The van der Waals surface area contributed by atoms with Gasteiger partial charge in [-0.1, -0.05) is 27.2 Å². The molecule has 1 fully saturated rings. The predicted molar refractivity (Wildman–Crippen MR) is 86.9 cm³/mol. The fourth-order valence-electron chi connectivity index (χ4n) is 3.18. The molecule has 0 bridgehead atoms. The maximum absolute atomic E-state index is 12.0. The lowest BCUT2D eigenvalue weighted by atomic mass is 9.75. The topological polar surface area (TPSA) is 109 Å². The van der Waals surface area contributed by atoms with Crippen molar-refractivity contribution >= 4 is 17.8 Å². The van der Waals surface area contributed by atoms with Crippen LogP contribution in [0, 0.1) is 27.9 Å². The van der Waals surface area contributed by atoms with E-state index in [1.165, 1.54) is 0 Å². The molecule has 138 valence electrons. The quantitative estimate of drug-likeness (QED) is 0.438. The Balaban J connectivity index is 1.86. The van der Waals surface area contributed by atoms with Gasteiger partial charge in [-0.25, -0.2) is 9.59 Å². The van der Waals surface area contributed by atoms with Gasteiger partial charge in [-0.15, -0.1) is 0 Å². The van der Waals surface area contributed by atoms with Gasteiger partial charge in [-0.05, 0) is 36.7 Å². The second-order valence-corrected chi connectivity index (χ2v) is 6.83. The first kappa shape index (κ1) is 19.0. The molecule has 0 unspecified atom stereocenters. The van der Waals surface area contributed by atoms with E-state index >= 15 is 0 Å². The highest BCUT2D eigenvalue weighted by Crippen LogP contribution is 2.35. The van der Waals surface area contributed by atoms with Crippen LogP contribution in [-0.4, -0.2) is 29.6 Å². The van der Waals surface area contributed by atoms with Crippen LogP contribution in [0.15, 0.2) is 16.5 Å². The number of rotatable bonds is 6. The monoisotopic (exact) mass is 353 g/mol. The minimum absolute atomic E-state index is 0.181. The van der Waals surface area contributed by atoms with E-state index in [1.807, 2.05) is 0 Å². The van der Waals surface area contributed by atoms with E-state index in [0.29, 0.717) is 17.8 Å². The van der Waals surface area contributed by atoms with Crippen LogP contribution in [0.4, 0.5) is 5.88 Å². The second-order valence-electron chi connectivity index (χ2n) is 6.83. The third-order valence-electron chi connectivity index (χ3n) is 4.54. The van der Waals surface area contributed by atoms with Crippen LogP contribution in [-0.2, 0) is 14.3 Å². The molecule has 0 spiro atoms. The highest BCUT2D eigenvalue weighted by Gasteiger charge is 2.33. The van der Waals surface area contributed by atoms with Gasteiger partial charge < -0.3 is 13.9 Å². The number of carbonyl (C=O) groups is 2. The maximum atomic E-state index is 12.0. The van der Waals surface area contributed by atoms with Gasteiger partial charge in [-0.2, -0.15) is 0 Å². The van der Waals surface area contributed by atoms with Crippen LogP contribution >= 0.6 is 0 Å². The molecule has 0 amide bonds. The molecule has 0 aliphatic heterocycles. The summed E-state index contributed by atoms with van der Waals surface area (Å²) in [5.74, 6) is -1.28. The molecule has 0 N–H and O–H groups in total. The Labute approximate surface area is 145 Å². The summed E-state index contributed by atoms with van der Waals surface area (Å²) in [6.45, 7) is 5.78. The van der Waals surface area contributed by atoms with E-state index in [9.17, 15) is 19.7 Å². The summed E-state index contributed by atoms with van der Waals surface area (Å²) in [7, 11) is 0. The number of nitro groups is 1. The Hall–Kier alpha value is -2.38. The molecule has 8 heteroatoms. The van der Waals surface area contributed by atoms with E-state index < -0.39 is 29.4 Å². The fraction of sp³-hybridized carbons (Fsp3) is 0.647. The zero-order valence-electron chi connectivity index (χ0n) is 14.6. The van der Waals surface area contributed by atoms with E-state index in [-0.39, 0.29) is 11.9 Å². The molecule has 1 heterocycles. The summed E-state index contributed by atoms with van der Waals surface area (Å²) in [5, 5.41) is 10.5. The van der Waals surface area contributed by atoms with Crippen LogP contribution in [0.5, 0.6) is 0 Å². The molecule has 25 heavy (non-hydrogen) atoms. The molecule has 0 radical (unpaired) electrons. The Morgan fingerprint density at radius 3 is 2.68 bits per heavy atom. The van der Waals surface area contributed by atoms with Crippen molar-refractivity contribution in [2.45, 2.75) is 46.1 Å². The van der Waals surface area contributed by atoms with Gasteiger partial charge >= 0.3 is 17.8 Å². The normalized spacial score (nSPS) is 23.3. The SMILES string of the molecule is CC(C)[C@H]1CC[C@@H](C)C[C@@H]1OC(=O)COC(=O)c1ccc([N+](=O)[O-])o1. The number of hydrogen-bond acceptors (Lipinski definition) is 7. The minimum atomic E-state index is -0.942. The maximum Gasteiger partial charge on any atom is 0.433 e. The first-order valence-electron chi connectivity index (χ1n) is 8.38. The van der Waals surface area contributed by atoms with E-state index in [0.717, 1.165) is 31.4 Å². The summed E-state index contributed by atoms with van der Waals surface area (Å²) in [4.78, 5) is 33.5. The Bertz CT molecular complexity index is 637. The highest BCUT2D eigenvalue weighted by atomic mass is 16.7. The molecule has 0 aromatic carbocycles. The molecule has 3 atom stereocenters. The molecular weight excluding hydrogens is 330 g/mol.